The number of ether oxygens (including phenoxy) is 1. The quantitative estimate of drug-likeness (QED) is 0.625. The number of halogens is 1. The van der Waals surface area contributed by atoms with E-state index in [0.29, 0.717) is 0 Å². The molecule has 4 nitrogen and oxygen atoms in total. The van der Waals surface area contributed by atoms with E-state index in [1.54, 1.807) is 26.8 Å². The lowest BCUT2D eigenvalue weighted by molar-refractivity contribution is 0.00658. The molecule has 0 fully saturated rings. The molecule has 5 heteroatoms. The van der Waals surface area contributed by atoms with E-state index in [2.05, 4.69) is 0 Å². The van der Waals surface area contributed by atoms with Crippen LogP contribution in [0.3, 0.4) is 0 Å². The van der Waals surface area contributed by atoms with Crippen molar-refractivity contribution >= 4 is 34.5 Å². The van der Waals surface area contributed by atoms with Crippen molar-refractivity contribution in [3.05, 3.63) is 32.9 Å². The van der Waals surface area contributed by atoms with E-state index in [9.17, 15) is 9.59 Å². The molecular formula is C14H19IO4. The number of hydrogen-bond donors (Lipinski definition) is 1. The minimum atomic E-state index is -1.13. The molecule has 19 heavy (non-hydrogen) atoms. The Morgan fingerprint density at radius 1 is 1.16 bits per heavy atom. The molecule has 0 radical (unpaired) electrons. The number of carbonyl (C=O) groups excluding carboxylic acids is 1. The number of hydrogen-bond acceptors (Lipinski definition) is 3. The number of benzene rings is 1. The van der Waals surface area contributed by atoms with Crippen LogP contribution in [0.15, 0.2) is 18.2 Å². The molecule has 1 aromatic carbocycles. The second-order valence-electron chi connectivity index (χ2n) is 4.50. The Morgan fingerprint density at radius 2 is 1.68 bits per heavy atom. The average molecular weight is 378 g/mol. The first kappa shape index (κ1) is 17.9. The number of esters is 1. The molecule has 0 unspecified atom stereocenters. The van der Waals surface area contributed by atoms with Crippen molar-refractivity contribution in [1.82, 2.24) is 0 Å². The molecule has 0 atom stereocenters. The summed E-state index contributed by atoms with van der Waals surface area (Å²) < 4.78 is 5.91. The first-order valence-corrected chi connectivity index (χ1v) is 7.05. The molecule has 1 aromatic rings. The van der Waals surface area contributed by atoms with Crippen molar-refractivity contribution in [2.45, 2.75) is 40.2 Å². The zero-order valence-electron chi connectivity index (χ0n) is 11.8. The van der Waals surface area contributed by atoms with Gasteiger partial charge >= 0.3 is 11.9 Å². The lowest BCUT2D eigenvalue weighted by Gasteiger charge is -2.20. The van der Waals surface area contributed by atoms with Gasteiger partial charge in [-0.15, -0.1) is 0 Å². The Labute approximate surface area is 127 Å². The van der Waals surface area contributed by atoms with E-state index in [-0.39, 0.29) is 11.1 Å². The summed E-state index contributed by atoms with van der Waals surface area (Å²) in [5.74, 6) is -1.75. The van der Waals surface area contributed by atoms with Crippen LogP contribution in [0.25, 0.3) is 0 Å². The normalized spacial score (nSPS) is 10.2. The average Bonchev–Trinajstić information content (AvgIpc) is 2.29. The maximum Gasteiger partial charge on any atom is 0.339 e. The van der Waals surface area contributed by atoms with Gasteiger partial charge in [0.05, 0.1) is 11.1 Å². The number of carbonyl (C=O) groups is 2. The van der Waals surface area contributed by atoms with Crippen LogP contribution in [-0.2, 0) is 4.74 Å². The van der Waals surface area contributed by atoms with E-state index >= 15 is 0 Å². The van der Waals surface area contributed by atoms with Gasteiger partial charge in [0.25, 0.3) is 0 Å². The van der Waals surface area contributed by atoms with E-state index in [1.807, 2.05) is 36.4 Å². The molecule has 1 rings (SSSR count). The first-order valence-electron chi connectivity index (χ1n) is 5.97. The third-order valence-corrected chi connectivity index (χ3v) is 2.50. The van der Waals surface area contributed by atoms with Crippen LogP contribution in [0.2, 0.25) is 0 Å². The van der Waals surface area contributed by atoms with E-state index in [1.165, 1.54) is 12.1 Å². The van der Waals surface area contributed by atoms with E-state index in [0.717, 1.165) is 3.57 Å². The largest absolute Gasteiger partial charge is 0.478 e. The maximum atomic E-state index is 11.8. The minimum absolute atomic E-state index is 0.0360. The van der Waals surface area contributed by atoms with Gasteiger partial charge in [-0.05, 0) is 61.6 Å². The fourth-order valence-electron chi connectivity index (χ4n) is 1.20. The number of carboxylic acid groups (broad SMARTS) is 1. The Hall–Kier alpha value is -1.11. The van der Waals surface area contributed by atoms with Crippen molar-refractivity contribution in [3.63, 3.8) is 0 Å². The van der Waals surface area contributed by atoms with Crippen LogP contribution in [-0.4, -0.2) is 22.6 Å². The summed E-state index contributed by atoms with van der Waals surface area (Å²) in [5.41, 5.74) is -0.602. The summed E-state index contributed by atoms with van der Waals surface area (Å²) >= 11 is 1.99. The molecule has 0 bridgehead atoms. The molecule has 0 aliphatic carbocycles. The third kappa shape index (κ3) is 6.04. The topological polar surface area (TPSA) is 63.6 Å². The molecule has 0 aliphatic rings. The van der Waals surface area contributed by atoms with Gasteiger partial charge in [0.1, 0.15) is 5.60 Å². The Kier molecular flexibility index (Phi) is 7.04. The van der Waals surface area contributed by atoms with Gasteiger partial charge in [-0.3, -0.25) is 0 Å². The van der Waals surface area contributed by atoms with Gasteiger partial charge in [0.2, 0.25) is 0 Å². The minimum Gasteiger partial charge on any atom is -0.478 e. The smallest absolute Gasteiger partial charge is 0.339 e. The van der Waals surface area contributed by atoms with Gasteiger partial charge in [-0.25, -0.2) is 9.59 Å². The SMILES string of the molecule is CC.CC(C)(C)OC(=O)c1ccc(I)cc1C(=O)O. The van der Waals surface area contributed by atoms with Crippen LogP contribution in [0, 0.1) is 3.57 Å². The molecule has 0 saturated carbocycles. The van der Waals surface area contributed by atoms with Crippen molar-refractivity contribution < 1.29 is 19.4 Å². The number of carboxylic acids is 1. The molecule has 106 valence electrons. The monoisotopic (exact) mass is 378 g/mol. The fourth-order valence-corrected chi connectivity index (χ4v) is 1.70. The summed E-state index contributed by atoms with van der Waals surface area (Å²) in [6.45, 7) is 9.20. The van der Waals surface area contributed by atoms with Crippen LogP contribution < -0.4 is 0 Å². The van der Waals surface area contributed by atoms with E-state index in [4.69, 9.17) is 9.84 Å². The summed E-state index contributed by atoms with van der Waals surface area (Å²) in [7, 11) is 0. The van der Waals surface area contributed by atoms with Gasteiger partial charge in [0.15, 0.2) is 0 Å². The fraction of sp³-hybridized carbons (Fsp3) is 0.429. The molecule has 0 aromatic heterocycles. The molecular weight excluding hydrogens is 359 g/mol. The molecule has 1 N–H and O–H groups in total. The predicted molar refractivity (Wildman–Crippen MR) is 82.6 cm³/mol. The standard InChI is InChI=1S/C12H13IO4.C2H6/c1-12(2,3)17-11(16)8-5-4-7(13)6-9(8)10(14)15;1-2/h4-6H,1-3H3,(H,14,15);1-2H3. The number of rotatable bonds is 2. The zero-order chi connectivity index (χ0) is 15.2. The van der Waals surface area contributed by atoms with Gasteiger partial charge < -0.3 is 9.84 Å². The number of aromatic carboxylic acids is 1. The molecule has 0 spiro atoms. The summed E-state index contributed by atoms with van der Waals surface area (Å²) in [4.78, 5) is 22.8. The lowest BCUT2D eigenvalue weighted by atomic mass is 10.1. The predicted octanol–water partition coefficient (Wildman–Crippen LogP) is 3.97. The second kappa shape index (κ2) is 7.47. The highest BCUT2D eigenvalue weighted by Gasteiger charge is 2.22. The first-order chi connectivity index (χ1) is 8.70. The van der Waals surface area contributed by atoms with Crippen molar-refractivity contribution in [2.24, 2.45) is 0 Å². The van der Waals surface area contributed by atoms with Crippen molar-refractivity contribution in [1.29, 1.82) is 0 Å². The van der Waals surface area contributed by atoms with Gasteiger partial charge in [0, 0.05) is 3.57 Å². The lowest BCUT2D eigenvalue weighted by Crippen LogP contribution is -2.25. The van der Waals surface area contributed by atoms with Gasteiger partial charge in [-0.2, -0.15) is 0 Å². The van der Waals surface area contributed by atoms with E-state index < -0.39 is 17.5 Å². The Morgan fingerprint density at radius 3 is 2.11 bits per heavy atom. The molecule has 0 aliphatic heterocycles. The van der Waals surface area contributed by atoms with Crippen molar-refractivity contribution in [2.75, 3.05) is 0 Å². The summed E-state index contributed by atoms with van der Waals surface area (Å²) in [6.07, 6.45) is 0. The molecule has 0 saturated heterocycles. The molecule has 0 heterocycles. The maximum absolute atomic E-state index is 11.8. The zero-order valence-corrected chi connectivity index (χ0v) is 13.9. The van der Waals surface area contributed by atoms with Crippen LogP contribution >= 0.6 is 22.6 Å². The molecule has 0 amide bonds. The third-order valence-electron chi connectivity index (χ3n) is 1.83. The van der Waals surface area contributed by atoms with Crippen molar-refractivity contribution in [3.8, 4) is 0 Å². The van der Waals surface area contributed by atoms with Crippen LogP contribution in [0.5, 0.6) is 0 Å². The summed E-state index contributed by atoms with van der Waals surface area (Å²) in [5, 5.41) is 9.03. The highest BCUT2D eigenvalue weighted by Crippen LogP contribution is 2.18. The summed E-state index contributed by atoms with van der Waals surface area (Å²) in [6, 6.07) is 4.59. The second-order valence-corrected chi connectivity index (χ2v) is 5.74. The Balaban J connectivity index is 0.00000154. The van der Waals surface area contributed by atoms with Crippen LogP contribution in [0.1, 0.15) is 55.3 Å². The highest BCUT2D eigenvalue weighted by atomic mass is 127. The van der Waals surface area contributed by atoms with Crippen LogP contribution in [0.4, 0.5) is 0 Å². The Bertz CT molecular complexity index is 461. The highest BCUT2D eigenvalue weighted by molar-refractivity contribution is 14.1. The van der Waals surface area contributed by atoms with Gasteiger partial charge in [-0.1, -0.05) is 13.8 Å².